The first-order valence-electron chi connectivity index (χ1n) is 3.09. The Balaban J connectivity index is 3.26. The lowest BCUT2D eigenvalue weighted by atomic mass is 10.3. The molecule has 1 aromatic carbocycles. The Kier molecular flexibility index (Phi) is 3.61. The molecule has 0 bridgehead atoms. The van der Waals surface area contributed by atoms with Crippen LogP contribution in [-0.2, 0) is 0 Å². The molecule has 0 heterocycles. The second-order valence-corrected chi connectivity index (χ2v) is 3.76. The van der Waals surface area contributed by atoms with Crippen molar-refractivity contribution in [1.29, 1.82) is 0 Å². The Morgan fingerprint density at radius 1 is 1.15 bits per heavy atom. The Hall–Kier alpha value is -0.230. The molecular weight excluding hydrogens is 317 g/mol. The van der Waals surface area contributed by atoms with Gasteiger partial charge in [-0.3, -0.25) is 0 Å². The van der Waals surface area contributed by atoms with Crippen molar-refractivity contribution in [3.63, 3.8) is 0 Å². The number of ether oxygens (including phenoxy) is 1. The lowest BCUT2D eigenvalue weighted by Crippen LogP contribution is -1.98. The zero-order valence-corrected chi connectivity index (χ0v) is 9.25. The molecule has 0 aliphatic carbocycles. The van der Waals surface area contributed by atoms with Gasteiger partial charge in [0.05, 0.1) is 8.95 Å². The van der Waals surface area contributed by atoms with Crippen molar-refractivity contribution in [3.05, 3.63) is 26.6 Å². The predicted octanol–water partition coefficient (Wildman–Crippen LogP) is 3.80. The monoisotopic (exact) mass is 318 g/mol. The summed E-state index contributed by atoms with van der Waals surface area (Å²) in [6.45, 7) is -1.21. The van der Waals surface area contributed by atoms with E-state index in [0.717, 1.165) is 0 Å². The predicted molar refractivity (Wildman–Crippen MR) is 48.4 cm³/mol. The minimum absolute atomic E-state index is 0.0527. The van der Waals surface area contributed by atoms with Crippen molar-refractivity contribution in [2.45, 2.75) is 0 Å². The van der Waals surface area contributed by atoms with Crippen LogP contribution in [0.4, 0.5) is 13.2 Å². The second-order valence-electron chi connectivity index (χ2n) is 2.05. The van der Waals surface area contributed by atoms with Crippen LogP contribution in [0.2, 0.25) is 0 Å². The molecule has 0 saturated heterocycles. The van der Waals surface area contributed by atoms with Crippen LogP contribution in [0.5, 0.6) is 5.75 Å². The van der Waals surface area contributed by atoms with E-state index in [1.54, 1.807) is 0 Å². The van der Waals surface area contributed by atoms with Gasteiger partial charge in [-0.05, 0) is 37.9 Å². The first-order chi connectivity index (χ1) is 6.07. The highest BCUT2D eigenvalue weighted by atomic mass is 79.9. The van der Waals surface area contributed by atoms with Gasteiger partial charge in [-0.15, -0.1) is 0 Å². The van der Waals surface area contributed by atoms with E-state index in [-0.39, 0.29) is 8.95 Å². The standard InChI is InChI=1S/C7H3Br2F3O/c8-3-1-4(9)7(13-2-10)6(12)5(3)11/h1H,2H2. The summed E-state index contributed by atoms with van der Waals surface area (Å²) in [6.07, 6.45) is 0. The van der Waals surface area contributed by atoms with Gasteiger partial charge in [-0.1, -0.05) is 0 Å². The SMILES string of the molecule is FCOc1c(Br)cc(Br)c(F)c1F. The topological polar surface area (TPSA) is 9.23 Å². The first kappa shape index (κ1) is 10.8. The molecule has 0 atom stereocenters. The van der Waals surface area contributed by atoms with Crippen molar-refractivity contribution in [2.24, 2.45) is 0 Å². The Labute approximate surface area is 89.1 Å². The lowest BCUT2D eigenvalue weighted by Gasteiger charge is -2.06. The molecule has 0 spiro atoms. The fraction of sp³-hybridized carbons (Fsp3) is 0.143. The fourth-order valence-corrected chi connectivity index (χ4v) is 1.96. The minimum atomic E-state index is -1.22. The average molecular weight is 320 g/mol. The molecule has 1 nitrogen and oxygen atoms in total. The summed E-state index contributed by atoms with van der Waals surface area (Å²) in [5.74, 6) is -2.80. The van der Waals surface area contributed by atoms with Gasteiger partial charge in [-0.25, -0.2) is 8.78 Å². The van der Waals surface area contributed by atoms with Crippen molar-refractivity contribution < 1.29 is 17.9 Å². The van der Waals surface area contributed by atoms with Crippen LogP contribution in [0.1, 0.15) is 0 Å². The molecule has 1 rings (SSSR count). The van der Waals surface area contributed by atoms with Crippen LogP contribution in [0.25, 0.3) is 0 Å². The van der Waals surface area contributed by atoms with Crippen LogP contribution in [0, 0.1) is 11.6 Å². The summed E-state index contributed by atoms with van der Waals surface area (Å²) in [6, 6.07) is 1.24. The molecule has 6 heteroatoms. The quantitative estimate of drug-likeness (QED) is 0.595. The highest BCUT2D eigenvalue weighted by Crippen LogP contribution is 2.34. The molecule has 0 aromatic heterocycles. The molecule has 0 N–H and O–H groups in total. The maximum absolute atomic E-state index is 13.0. The summed E-state index contributed by atoms with van der Waals surface area (Å²) in [7, 11) is 0. The van der Waals surface area contributed by atoms with E-state index in [1.807, 2.05) is 0 Å². The molecule has 0 saturated carbocycles. The smallest absolute Gasteiger partial charge is 0.228 e. The molecule has 13 heavy (non-hydrogen) atoms. The van der Waals surface area contributed by atoms with Gasteiger partial charge in [-0.2, -0.15) is 4.39 Å². The molecule has 0 unspecified atom stereocenters. The largest absolute Gasteiger partial charge is 0.459 e. The van der Waals surface area contributed by atoms with E-state index in [2.05, 4.69) is 36.6 Å². The fourth-order valence-electron chi connectivity index (χ4n) is 0.736. The van der Waals surface area contributed by atoms with Gasteiger partial charge in [0.1, 0.15) is 0 Å². The number of halogens is 5. The van der Waals surface area contributed by atoms with Crippen molar-refractivity contribution >= 4 is 31.9 Å². The lowest BCUT2D eigenvalue weighted by molar-refractivity contribution is 0.181. The second kappa shape index (κ2) is 4.32. The molecule has 0 radical (unpaired) electrons. The van der Waals surface area contributed by atoms with Crippen molar-refractivity contribution in [1.82, 2.24) is 0 Å². The van der Waals surface area contributed by atoms with E-state index in [1.165, 1.54) is 6.07 Å². The van der Waals surface area contributed by atoms with E-state index in [4.69, 9.17) is 0 Å². The zero-order chi connectivity index (χ0) is 10.0. The third-order valence-corrected chi connectivity index (χ3v) is 2.44. The summed E-state index contributed by atoms with van der Waals surface area (Å²) in [4.78, 5) is 0. The molecule has 0 amide bonds. The summed E-state index contributed by atoms with van der Waals surface area (Å²) in [5.41, 5.74) is 0. The van der Waals surface area contributed by atoms with Gasteiger partial charge >= 0.3 is 0 Å². The molecule has 0 aliphatic heterocycles. The third kappa shape index (κ3) is 2.17. The maximum Gasteiger partial charge on any atom is 0.228 e. The van der Waals surface area contributed by atoms with Gasteiger partial charge < -0.3 is 4.74 Å². The molecular formula is C7H3Br2F3O. The van der Waals surface area contributed by atoms with E-state index in [0.29, 0.717) is 0 Å². The van der Waals surface area contributed by atoms with Crippen LogP contribution >= 0.6 is 31.9 Å². The first-order valence-corrected chi connectivity index (χ1v) is 4.68. The summed E-state index contributed by atoms with van der Waals surface area (Å²) < 4.78 is 41.9. The van der Waals surface area contributed by atoms with Crippen LogP contribution < -0.4 is 4.74 Å². The third-order valence-electron chi connectivity index (χ3n) is 1.27. The van der Waals surface area contributed by atoms with Gasteiger partial charge in [0.25, 0.3) is 0 Å². The molecule has 0 aliphatic rings. The molecule has 72 valence electrons. The van der Waals surface area contributed by atoms with Gasteiger partial charge in [0, 0.05) is 0 Å². The van der Waals surface area contributed by atoms with E-state index >= 15 is 0 Å². The van der Waals surface area contributed by atoms with Crippen LogP contribution in [0.15, 0.2) is 15.0 Å². The van der Waals surface area contributed by atoms with Crippen LogP contribution in [-0.4, -0.2) is 6.86 Å². The number of benzene rings is 1. The molecule has 0 fully saturated rings. The highest BCUT2D eigenvalue weighted by molar-refractivity contribution is 9.11. The number of rotatable bonds is 2. The van der Waals surface area contributed by atoms with Crippen molar-refractivity contribution in [3.8, 4) is 5.75 Å². The zero-order valence-electron chi connectivity index (χ0n) is 6.08. The van der Waals surface area contributed by atoms with Gasteiger partial charge in [0.15, 0.2) is 11.6 Å². The number of hydrogen-bond donors (Lipinski definition) is 0. The summed E-state index contributed by atoms with van der Waals surface area (Å²) >= 11 is 5.69. The average Bonchev–Trinajstić information content (AvgIpc) is 2.09. The Morgan fingerprint density at radius 3 is 2.31 bits per heavy atom. The summed E-state index contributed by atoms with van der Waals surface area (Å²) in [5, 5.41) is 0. The highest BCUT2D eigenvalue weighted by Gasteiger charge is 2.17. The molecule has 1 aromatic rings. The minimum Gasteiger partial charge on any atom is -0.459 e. The van der Waals surface area contributed by atoms with E-state index in [9.17, 15) is 13.2 Å². The number of hydrogen-bond acceptors (Lipinski definition) is 1. The Morgan fingerprint density at radius 2 is 1.77 bits per heavy atom. The van der Waals surface area contributed by atoms with Crippen molar-refractivity contribution in [2.75, 3.05) is 6.86 Å². The van der Waals surface area contributed by atoms with Crippen LogP contribution in [0.3, 0.4) is 0 Å². The Bertz CT molecular complexity index is 330. The van der Waals surface area contributed by atoms with Gasteiger partial charge in [0.2, 0.25) is 12.7 Å². The normalized spacial score (nSPS) is 10.2. The maximum atomic E-state index is 13.0. The van der Waals surface area contributed by atoms with E-state index < -0.39 is 24.2 Å². The number of alkyl halides is 1.